The Kier molecular flexibility index (Phi) is 13.6. The number of aromatic nitrogens is 2. The van der Waals surface area contributed by atoms with E-state index < -0.39 is 39.1 Å². The summed E-state index contributed by atoms with van der Waals surface area (Å²) in [4.78, 5) is 8.46. The normalized spacial score (nSPS) is 15.3. The van der Waals surface area contributed by atoms with Crippen LogP contribution in [-0.2, 0) is 10.1 Å². The van der Waals surface area contributed by atoms with Crippen molar-refractivity contribution in [2.24, 2.45) is 0 Å². The molecule has 0 spiro atoms. The third-order valence-corrected chi connectivity index (χ3v) is 9.45. The second-order valence-corrected chi connectivity index (χ2v) is 14.1. The molecule has 6 rings (SSSR count). The summed E-state index contributed by atoms with van der Waals surface area (Å²) in [5.74, 6) is -2.70. The van der Waals surface area contributed by atoms with E-state index in [9.17, 15) is 26.0 Å². The quantitative estimate of drug-likeness (QED) is 0.109. The first kappa shape index (κ1) is 38.6. The summed E-state index contributed by atoms with van der Waals surface area (Å²) in [6, 6.07) is 11.8. The third-order valence-electron chi connectivity index (χ3n) is 8.70. The van der Waals surface area contributed by atoms with Crippen molar-refractivity contribution >= 4 is 22.3 Å². The summed E-state index contributed by atoms with van der Waals surface area (Å²) in [5, 5.41) is 8.76. The lowest BCUT2D eigenvalue weighted by Crippen LogP contribution is -2.12. The Balaban J connectivity index is 0.000000203. The third kappa shape index (κ3) is 10.7. The lowest BCUT2D eigenvalue weighted by Gasteiger charge is -2.15. The molecule has 2 aromatic carbocycles. The fourth-order valence-corrected chi connectivity index (χ4v) is 6.56. The molecule has 2 heterocycles. The molecule has 0 aliphatic heterocycles. The van der Waals surface area contributed by atoms with Crippen LogP contribution in [0, 0.1) is 23.3 Å². The minimum atomic E-state index is -4.12. The molecule has 0 bridgehead atoms. The fourth-order valence-electron chi connectivity index (χ4n) is 6.12. The number of pyridine rings is 2. The Hall–Kier alpha value is -4.59. The van der Waals surface area contributed by atoms with Crippen molar-refractivity contribution in [2.75, 3.05) is 12.4 Å². The summed E-state index contributed by atoms with van der Waals surface area (Å²) in [5.41, 5.74) is 1.32. The predicted molar refractivity (Wildman–Crippen MR) is 191 cm³/mol. The SMILES string of the molecule is O=S(=O)(O)CC/C=C/c1c(F)cc(-c2cccnc2OC2CCCC2)cc1F.OC/C=C/c1c(F)cc(-c2cccnc2OC2CCCC2)cc1F. The number of nitrogens with zero attached hydrogens (tertiary/aromatic N) is 2. The molecule has 52 heavy (non-hydrogen) atoms. The molecule has 2 aromatic heterocycles. The maximum absolute atomic E-state index is 14.5. The van der Waals surface area contributed by atoms with Gasteiger partial charge in [-0.05, 0) is 117 Å². The smallest absolute Gasteiger partial charge is 0.265 e. The molecule has 4 aromatic rings. The van der Waals surface area contributed by atoms with Crippen molar-refractivity contribution < 1.29 is 45.1 Å². The van der Waals surface area contributed by atoms with Crippen LogP contribution in [0.1, 0.15) is 68.9 Å². The highest BCUT2D eigenvalue weighted by Crippen LogP contribution is 2.35. The Morgan fingerprint density at radius 1 is 0.692 bits per heavy atom. The molecule has 8 nitrogen and oxygen atoms in total. The first-order chi connectivity index (χ1) is 25.0. The largest absolute Gasteiger partial charge is 0.474 e. The predicted octanol–water partition coefficient (Wildman–Crippen LogP) is 8.99. The van der Waals surface area contributed by atoms with Crippen molar-refractivity contribution in [1.82, 2.24) is 9.97 Å². The van der Waals surface area contributed by atoms with Gasteiger partial charge >= 0.3 is 0 Å². The standard InChI is InChI=1S/C20H21F2NO4S.C19H19F2NO2/c21-18-12-14(13-19(22)17(18)8-3-4-11-28(24,25)26)16-9-5-10-23-20(16)27-15-6-1-2-7-15;20-17-11-13(12-18(21)16(17)8-4-10-23)15-7-3-9-22-19(15)24-14-5-1-2-6-14/h3,5,8-10,12-13,15H,1-2,4,6-7,11H2,(H,24,25,26);3-4,7-9,11-12,14,23H,1-2,5-6,10H2/b8-3+;8-4+. The molecule has 2 aliphatic carbocycles. The number of rotatable bonds is 12. The van der Waals surface area contributed by atoms with Gasteiger partial charge in [-0.3, -0.25) is 4.55 Å². The van der Waals surface area contributed by atoms with Crippen LogP contribution in [0.2, 0.25) is 0 Å². The Morgan fingerprint density at radius 2 is 1.10 bits per heavy atom. The molecule has 2 aliphatic rings. The van der Waals surface area contributed by atoms with Crippen LogP contribution >= 0.6 is 0 Å². The van der Waals surface area contributed by atoms with Crippen molar-refractivity contribution in [2.45, 2.75) is 70.0 Å². The van der Waals surface area contributed by atoms with E-state index in [-0.39, 0.29) is 36.4 Å². The number of aliphatic hydroxyl groups excluding tert-OH is 1. The monoisotopic (exact) mass is 740 g/mol. The molecule has 0 radical (unpaired) electrons. The van der Waals surface area contributed by atoms with E-state index in [4.69, 9.17) is 19.1 Å². The number of ether oxygens (including phenoxy) is 2. The molecule has 2 fully saturated rings. The van der Waals surface area contributed by atoms with Crippen molar-refractivity contribution in [3.63, 3.8) is 0 Å². The van der Waals surface area contributed by atoms with Crippen LogP contribution in [0.4, 0.5) is 17.6 Å². The number of halogens is 4. The summed E-state index contributed by atoms with van der Waals surface area (Å²) in [6.07, 6.45) is 16.6. The maximum Gasteiger partial charge on any atom is 0.265 e. The second-order valence-electron chi connectivity index (χ2n) is 12.5. The van der Waals surface area contributed by atoms with Crippen LogP contribution in [0.25, 0.3) is 34.4 Å². The molecule has 0 atom stereocenters. The van der Waals surface area contributed by atoms with Gasteiger partial charge in [0.25, 0.3) is 10.1 Å². The van der Waals surface area contributed by atoms with Crippen LogP contribution in [-0.4, -0.2) is 52.6 Å². The van der Waals surface area contributed by atoms with E-state index in [0.29, 0.717) is 34.0 Å². The van der Waals surface area contributed by atoms with Gasteiger partial charge in [0.05, 0.1) is 12.4 Å². The zero-order valence-corrected chi connectivity index (χ0v) is 29.2. The first-order valence-electron chi connectivity index (χ1n) is 17.1. The van der Waals surface area contributed by atoms with Gasteiger partial charge in [0.2, 0.25) is 11.8 Å². The van der Waals surface area contributed by atoms with Gasteiger partial charge in [-0.15, -0.1) is 0 Å². The number of aliphatic hydroxyl groups is 1. The molecule has 0 unspecified atom stereocenters. The van der Waals surface area contributed by atoms with Gasteiger partial charge in [0.15, 0.2) is 0 Å². The van der Waals surface area contributed by atoms with Crippen molar-refractivity contribution in [3.8, 4) is 34.0 Å². The zero-order valence-electron chi connectivity index (χ0n) is 28.4. The second kappa shape index (κ2) is 18.3. The lowest BCUT2D eigenvalue weighted by molar-refractivity contribution is 0.202. The summed E-state index contributed by atoms with van der Waals surface area (Å²) >= 11 is 0. The number of hydrogen-bond acceptors (Lipinski definition) is 7. The van der Waals surface area contributed by atoms with Crippen LogP contribution in [0.5, 0.6) is 11.8 Å². The Bertz CT molecular complexity index is 1950. The van der Waals surface area contributed by atoms with E-state index >= 15 is 0 Å². The minimum absolute atomic E-state index is 0.0541. The van der Waals surface area contributed by atoms with Crippen molar-refractivity contribution in [1.29, 1.82) is 0 Å². The average molecular weight is 741 g/mol. The number of benzene rings is 2. The highest BCUT2D eigenvalue weighted by molar-refractivity contribution is 7.85. The van der Waals surface area contributed by atoms with Gasteiger partial charge in [0.1, 0.15) is 35.5 Å². The molecule has 2 saturated carbocycles. The summed E-state index contributed by atoms with van der Waals surface area (Å²) in [7, 11) is -4.12. The Labute approximate surface area is 300 Å². The van der Waals surface area contributed by atoms with Crippen LogP contribution < -0.4 is 9.47 Å². The van der Waals surface area contributed by atoms with Gasteiger partial charge in [0, 0.05) is 34.6 Å². The van der Waals surface area contributed by atoms with E-state index in [1.165, 1.54) is 48.6 Å². The minimum Gasteiger partial charge on any atom is -0.474 e. The first-order valence-corrected chi connectivity index (χ1v) is 18.7. The zero-order chi connectivity index (χ0) is 37.1. The summed E-state index contributed by atoms with van der Waals surface area (Å²) in [6.45, 7) is -0.275. The van der Waals surface area contributed by atoms with E-state index in [1.54, 1.807) is 36.7 Å². The molecular formula is C39H40F4N2O6S. The maximum atomic E-state index is 14.5. The molecular weight excluding hydrogens is 700 g/mol. The number of hydrogen-bond donors (Lipinski definition) is 2. The topological polar surface area (TPSA) is 119 Å². The van der Waals surface area contributed by atoms with E-state index in [0.717, 1.165) is 51.4 Å². The van der Waals surface area contributed by atoms with Crippen LogP contribution in [0.15, 0.2) is 73.1 Å². The molecule has 0 amide bonds. The molecule has 276 valence electrons. The van der Waals surface area contributed by atoms with E-state index in [1.807, 2.05) is 0 Å². The highest BCUT2D eigenvalue weighted by Gasteiger charge is 2.22. The highest BCUT2D eigenvalue weighted by atomic mass is 32.2. The van der Waals surface area contributed by atoms with Gasteiger partial charge in [-0.2, -0.15) is 8.42 Å². The molecule has 0 saturated heterocycles. The van der Waals surface area contributed by atoms with Gasteiger partial charge in [-0.1, -0.05) is 24.3 Å². The van der Waals surface area contributed by atoms with Crippen molar-refractivity contribution in [3.05, 3.63) is 107 Å². The van der Waals surface area contributed by atoms with Gasteiger partial charge < -0.3 is 14.6 Å². The summed E-state index contributed by atoms with van der Waals surface area (Å²) < 4.78 is 99.3. The van der Waals surface area contributed by atoms with Crippen LogP contribution in [0.3, 0.4) is 0 Å². The molecule has 13 heteroatoms. The fraction of sp³-hybridized carbons (Fsp3) is 0.333. The van der Waals surface area contributed by atoms with Gasteiger partial charge in [-0.25, -0.2) is 27.5 Å². The average Bonchev–Trinajstić information content (AvgIpc) is 3.82. The number of allylic oxidation sites excluding steroid dienone is 1. The lowest BCUT2D eigenvalue weighted by atomic mass is 10.0. The Morgan fingerprint density at radius 3 is 1.48 bits per heavy atom. The van der Waals surface area contributed by atoms with E-state index in [2.05, 4.69) is 9.97 Å². The molecule has 2 N–H and O–H groups in total.